The van der Waals surface area contributed by atoms with Gasteiger partial charge in [-0.05, 0) is 30.5 Å². The minimum atomic E-state index is -3.02. The highest BCUT2D eigenvalue weighted by Crippen LogP contribution is 2.24. The van der Waals surface area contributed by atoms with Crippen molar-refractivity contribution in [1.29, 1.82) is 0 Å². The SMILES string of the molecule is COC(=O)[C@@H](NC(=O)[C@H](COC1CC1)NC(=O)CN1CCOCC1)[C@H](O)c1ccc(OC(F)F)cc1. The van der Waals surface area contributed by atoms with Gasteiger partial charge in [-0.1, -0.05) is 12.1 Å². The molecule has 3 rings (SSSR count). The number of rotatable bonds is 13. The molecule has 0 spiro atoms. The Balaban J connectivity index is 1.66. The van der Waals surface area contributed by atoms with E-state index < -0.39 is 42.6 Å². The van der Waals surface area contributed by atoms with E-state index in [1.165, 1.54) is 24.3 Å². The first-order valence-electron chi connectivity index (χ1n) is 11.6. The van der Waals surface area contributed by atoms with Crippen LogP contribution in [0.25, 0.3) is 0 Å². The Hall–Kier alpha value is -2.87. The van der Waals surface area contributed by atoms with Gasteiger partial charge in [0.25, 0.3) is 0 Å². The molecule has 1 aliphatic heterocycles. The van der Waals surface area contributed by atoms with Gasteiger partial charge in [0.2, 0.25) is 11.8 Å². The van der Waals surface area contributed by atoms with E-state index in [1.54, 1.807) is 0 Å². The Morgan fingerprint density at radius 3 is 2.39 bits per heavy atom. The van der Waals surface area contributed by atoms with Crippen LogP contribution in [0.3, 0.4) is 0 Å². The zero-order valence-corrected chi connectivity index (χ0v) is 19.9. The number of hydrogen-bond acceptors (Lipinski definition) is 9. The van der Waals surface area contributed by atoms with Crippen LogP contribution in [0.4, 0.5) is 8.78 Å². The quantitative estimate of drug-likeness (QED) is 0.310. The van der Waals surface area contributed by atoms with Crippen LogP contribution in [0.2, 0.25) is 0 Å². The minimum Gasteiger partial charge on any atom is -0.467 e. The second-order valence-corrected chi connectivity index (χ2v) is 8.44. The number of halogens is 2. The lowest BCUT2D eigenvalue weighted by Gasteiger charge is -2.28. The number of amides is 2. The van der Waals surface area contributed by atoms with Crippen molar-refractivity contribution in [1.82, 2.24) is 15.5 Å². The summed E-state index contributed by atoms with van der Waals surface area (Å²) in [4.78, 5) is 40.0. The first kappa shape index (κ1) is 27.7. The summed E-state index contributed by atoms with van der Waals surface area (Å²) in [6.45, 7) is -0.884. The van der Waals surface area contributed by atoms with Crippen molar-refractivity contribution in [3.8, 4) is 5.75 Å². The molecule has 2 aliphatic rings. The number of ether oxygens (including phenoxy) is 4. The molecule has 11 nitrogen and oxygen atoms in total. The Bertz CT molecular complexity index is 879. The van der Waals surface area contributed by atoms with Gasteiger partial charge >= 0.3 is 12.6 Å². The molecular formula is C23H31F2N3O8. The molecule has 1 saturated heterocycles. The number of aliphatic hydroxyl groups excluding tert-OH is 1. The maximum Gasteiger partial charge on any atom is 0.387 e. The molecule has 2 fully saturated rings. The number of carbonyl (C=O) groups is 3. The van der Waals surface area contributed by atoms with Crippen molar-refractivity contribution >= 4 is 17.8 Å². The standard InChI is InChI=1S/C23H31F2N3O8/c1-33-22(32)19(20(30)14-2-4-16(5-3-14)36-23(24)25)27-21(31)17(13-35-15-6-7-15)26-18(29)12-28-8-10-34-11-9-28/h2-5,15,17,19-20,23,30H,6-13H2,1H3,(H,26,29)(H,27,31)/t17-,19-,20+/m0/s1. The fourth-order valence-corrected chi connectivity index (χ4v) is 3.54. The summed E-state index contributed by atoms with van der Waals surface area (Å²) >= 11 is 0. The van der Waals surface area contributed by atoms with Crippen LogP contribution in [0.15, 0.2) is 24.3 Å². The molecule has 13 heteroatoms. The van der Waals surface area contributed by atoms with E-state index in [1.807, 2.05) is 4.90 Å². The van der Waals surface area contributed by atoms with Crippen molar-refractivity contribution < 1.29 is 47.2 Å². The van der Waals surface area contributed by atoms with Crippen molar-refractivity contribution in [3.63, 3.8) is 0 Å². The van der Waals surface area contributed by atoms with Gasteiger partial charge < -0.3 is 34.7 Å². The number of esters is 1. The Morgan fingerprint density at radius 2 is 1.81 bits per heavy atom. The summed E-state index contributed by atoms with van der Waals surface area (Å²) < 4.78 is 44.7. The number of morpholine rings is 1. The number of nitrogens with one attached hydrogen (secondary N) is 2. The van der Waals surface area contributed by atoms with E-state index in [4.69, 9.17) is 14.2 Å². The summed E-state index contributed by atoms with van der Waals surface area (Å²) in [5, 5.41) is 15.8. The predicted octanol–water partition coefficient (Wildman–Crippen LogP) is -0.0248. The lowest BCUT2D eigenvalue weighted by Crippen LogP contribution is -2.56. The minimum absolute atomic E-state index is 0.00686. The van der Waals surface area contributed by atoms with E-state index in [9.17, 15) is 28.3 Å². The van der Waals surface area contributed by atoms with Crippen LogP contribution in [0, 0.1) is 0 Å². The molecule has 2 amide bonds. The van der Waals surface area contributed by atoms with Gasteiger partial charge in [0.05, 0.1) is 39.6 Å². The second-order valence-electron chi connectivity index (χ2n) is 8.44. The fraction of sp³-hybridized carbons (Fsp3) is 0.609. The number of benzene rings is 1. The normalized spacial score (nSPS) is 18.7. The Morgan fingerprint density at radius 1 is 1.14 bits per heavy atom. The molecule has 200 valence electrons. The van der Waals surface area contributed by atoms with Gasteiger partial charge in [0, 0.05) is 13.1 Å². The van der Waals surface area contributed by atoms with Crippen LogP contribution in [0.5, 0.6) is 5.75 Å². The third kappa shape index (κ3) is 8.66. The number of alkyl halides is 2. The topological polar surface area (TPSA) is 136 Å². The molecule has 1 saturated carbocycles. The largest absolute Gasteiger partial charge is 0.467 e. The smallest absolute Gasteiger partial charge is 0.387 e. The van der Waals surface area contributed by atoms with Gasteiger partial charge in [-0.25, -0.2) is 4.79 Å². The molecular weight excluding hydrogens is 484 g/mol. The molecule has 0 bridgehead atoms. The first-order valence-corrected chi connectivity index (χ1v) is 11.6. The summed E-state index contributed by atoms with van der Waals surface area (Å²) in [6.07, 6.45) is 0.138. The predicted molar refractivity (Wildman–Crippen MR) is 120 cm³/mol. The molecule has 1 aliphatic carbocycles. The molecule has 1 heterocycles. The van der Waals surface area contributed by atoms with Crippen LogP contribution >= 0.6 is 0 Å². The number of nitrogens with zero attached hydrogens (tertiary/aromatic N) is 1. The van der Waals surface area contributed by atoms with Gasteiger partial charge in [-0.15, -0.1) is 0 Å². The third-order valence-electron chi connectivity index (χ3n) is 5.66. The Labute approximate surface area is 207 Å². The second kappa shape index (κ2) is 13.4. The van der Waals surface area contributed by atoms with Gasteiger partial charge in [0.15, 0.2) is 6.04 Å². The molecule has 36 heavy (non-hydrogen) atoms. The molecule has 1 aromatic rings. The van der Waals surface area contributed by atoms with Gasteiger partial charge in [0.1, 0.15) is 17.9 Å². The number of carbonyl (C=O) groups excluding carboxylic acids is 3. The molecule has 0 unspecified atom stereocenters. The third-order valence-corrected chi connectivity index (χ3v) is 5.66. The fourth-order valence-electron chi connectivity index (χ4n) is 3.54. The molecule has 0 aromatic heterocycles. The lowest BCUT2D eigenvalue weighted by atomic mass is 10.0. The number of aliphatic hydroxyl groups is 1. The van der Waals surface area contributed by atoms with Crippen LogP contribution in [0.1, 0.15) is 24.5 Å². The molecule has 0 radical (unpaired) electrons. The van der Waals surface area contributed by atoms with E-state index in [0.29, 0.717) is 26.3 Å². The van der Waals surface area contributed by atoms with E-state index in [0.717, 1.165) is 20.0 Å². The van der Waals surface area contributed by atoms with Crippen molar-refractivity contribution in [2.24, 2.45) is 0 Å². The van der Waals surface area contributed by atoms with Gasteiger partial charge in [-0.3, -0.25) is 14.5 Å². The summed E-state index contributed by atoms with van der Waals surface area (Å²) in [6, 6.07) is 2.28. The lowest BCUT2D eigenvalue weighted by molar-refractivity contribution is -0.149. The summed E-state index contributed by atoms with van der Waals surface area (Å²) in [5.41, 5.74) is 0.148. The van der Waals surface area contributed by atoms with E-state index in [-0.39, 0.29) is 30.6 Å². The monoisotopic (exact) mass is 515 g/mol. The van der Waals surface area contributed by atoms with Crippen LogP contribution in [-0.2, 0) is 28.6 Å². The molecule has 3 atom stereocenters. The highest BCUT2D eigenvalue weighted by molar-refractivity contribution is 5.91. The first-order chi connectivity index (χ1) is 17.3. The average Bonchev–Trinajstić information content (AvgIpc) is 3.69. The Kier molecular flexibility index (Phi) is 10.3. The highest BCUT2D eigenvalue weighted by atomic mass is 19.3. The molecule has 1 aromatic carbocycles. The van der Waals surface area contributed by atoms with Crippen LogP contribution in [-0.4, -0.2) is 99.2 Å². The van der Waals surface area contributed by atoms with E-state index >= 15 is 0 Å². The zero-order valence-electron chi connectivity index (χ0n) is 19.9. The number of methoxy groups -OCH3 is 1. The van der Waals surface area contributed by atoms with Crippen molar-refractivity contribution in [2.75, 3.05) is 46.6 Å². The van der Waals surface area contributed by atoms with Gasteiger partial charge in [-0.2, -0.15) is 8.78 Å². The average molecular weight is 516 g/mol. The number of hydrogen-bond donors (Lipinski definition) is 3. The molecule has 3 N–H and O–H groups in total. The van der Waals surface area contributed by atoms with Crippen molar-refractivity contribution in [2.45, 2.75) is 43.7 Å². The van der Waals surface area contributed by atoms with Crippen LogP contribution < -0.4 is 15.4 Å². The summed E-state index contributed by atoms with van der Waals surface area (Å²) in [7, 11) is 1.09. The van der Waals surface area contributed by atoms with Crippen molar-refractivity contribution in [3.05, 3.63) is 29.8 Å². The highest BCUT2D eigenvalue weighted by Gasteiger charge is 2.34. The maximum atomic E-state index is 13.1. The maximum absolute atomic E-state index is 13.1. The van der Waals surface area contributed by atoms with E-state index in [2.05, 4.69) is 15.4 Å². The summed E-state index contributed by atoms with van der Waals surface area (Å²) in [5.74, 6) is -2.23. The zero-order chi connectivity index (χ0) is 26.1.